The zero-order valence-corrected chi connectivity index (χ0v) is 8.87. The van der Waals surface area contributed by atoms with Crippen LogP contribution in [-0.2, 0) is 0 Å². The fourth-order valence-corrected chi connectivity index (χ4v) is 1.16. The smallest absolute Gasteiger partial charge is 0.126 e. The maximum absolute atomic E-state index is 13.0. The molecule has 0 unspecified atom stereocenters. The Kier molecular flexibility index (Phi) is 3.84. The van der Waals surface area contributed by atoms with E-state index in [9.17, 15) is 4.39 Å². The summed E-state index contributed by atoms with van der Waals surface area (Å²) in [5.41, 5.74) is 7.54. The lowest BCUT2D eigenvalue weighted by Gasteiger charge is -2.02. The van der Waals surface area contributed by atoms with Crippen molar-refractivity contribution in [2.24, 2.45) is 0 Å². The minimum Gasteiger partial charge on any atom is -0.398 e. The number of nitrogens with two attached hydrogens (primary N) is 1. The van der Waals surface area contributed by atoms with E-state index in [0.717, 1.165) is 5.56 Å². The molecule has 0 aromatic heterocycles. The van der Waals surface area contributed by atoms with Crippen LogP contribution < -0.4 is 5.73 Å². The first-order valence-electron chi connectivity index (χ1n) is 4.30. The number of hydrogen-bond donors (Lipinski definition) is 2. The minimum atomic E-state index is -0.344. The molecule has 0 amide bonds. The number of hydrogen-bond acceptors (Lipinski definition) is 2. The van der Waals surface area contributed by atoms with Crippen molar-refractivity contribution in [2.75, 3.05) is 11.5 Å². The molecule has 1 nitrogen and oxygen atoms in total. The van der Waals surface area contributed by atoms with Gasteiger partial charge in [-0.25, -0.2) is 4.39 Å². The zero-order valence-electron chi connectivity index (χ0n) is 7.97. The van der Waals surface area contributed by atoms with Crippen molar-refractivity contribution in [3.05, 3.63) is 29.1 Å². The molecule has 0 aliphatic heterocycles. The van der Waals surface area contributed by atoms with Gasteiger partial charge in [-0.15, -0.1) is 0 Å². The molecule has 74 valence electrons. The second-order valence-corrected chi connectivity index (χ2v) is 3.39. The summed E-state index contributed by atoms with van der Waals surface area (Å²) in [5.74, 6) is 6.14. The first-order chi connectivity index (χ1) is 6.65. The molecular formula is C11H12FNS. The highest BCUT2D eigenvalue weighted by atomic mass is 32.1. The molecule has 0 heterocycles. The van der Waals surface area contributed by atoms with Gasteiger partial charge >= 0.3 is 0 Å². The van der Waals surface area contributed by atoms with Crippen molar-refractivity contribution in [1.82, 2.24) is 0 Å². The zero-order chi connectivity index (χ0) is 10.6. The molecule has 0 radical (unpaired) electrons. The van der Waals surface area contributed by atoms with Crippen LogP contribution in [0.1, 0.15) is 17.5 Å². The summed E-state index contributed by atoms with van der Waals surface area (Å²) in [6.07, 6.45) is 0.693. The van der Waals surface area contributed by atoms with Gasteiger partial charge < -0.3 is 5.73 Å². The Bertz CT molecular complexity index is 390. The molecule has 0 bridgehead atoms. The predicted molar refractivity (Wildman–Crippen MR) is 60.9 cm³/mol. The van der Waals surface area contributed by atoms with Crippen molar-refractivity contribution in [2.45, 2.75) is 13.3 Å². The van der Waals surface area contributed by atoms with E-state index in [1.165, 1.54) is 12.1 Å². The van der Waals surface area contributed by atoms with Gasteiger partial charge in [-0.1, -0.05) is 11.8 Å². The van der Waals surface area contributed by atoms with Crippen molar-refractivity contribution in [3.63, 3.8) is 0 Å². The van der Waals surface area contributed by atoms with Crippen LogP contribution in [0.3, 0.4) is 0 Å². The topological polar surface area (TPSA) is 26.0 Å². The Balaban J connectivity index is 3.04. The Morgan fingerprint density at radius 3 is 2.86 bits per heavy atom. The lowest BCUT2D eigenvalue weighted by atomic mass is 10.1. The first kappa shape index (κ1) is 10.9. The third-order valence-corrected chi connectivity index (χ3v) is 2.10. The predicted octanol–water partition coefficient (Wildman–Crippen LogP) is 2.39. The molecule has 0 spiro atoms. The van der Waals surface area contributed by atoms with Crippen molar-refractivity contribution < 1.29 is 4.39 Å². The molecule has 0 saturated carbocycles. The van der Waals surface area contributed by atoms with Crippen LogP contribution in [0, 0.1) is 24.6 Å². The fourth-order valence-electron chi connectivity index (χ4n) is 1.04. The van der Waals surface area contributed by atoms with Gasteiger partial charge in [-0.05, 0) is 24.6 Å². The van der Waals surface area contributed by atoms with Gasteiger partial charge in [0.1, 0.15) is 5.82 Å². The molecule has 1 aromatic carbocycles. The maximum Gasteiger partial charge on any atom is 0.126 e. The first-order valence-corrected chi connectivity index (χ1v) is 4.93. The summed E-state index contributed by atoms with van der Waals surface area (Å²) < 4.78 is 13.0. The van der Waals surface area contributed by atoms with Crippen molar-refractivity contribution in [1.29, 1.82) is 0 Å². The lowest BCUT2D eigenvalue weighted by Crippen LogP contribution is -1.94. The molecule has 2 N–H and O–H groups in total. The SMILES string of the molecule is Cc1c(N)cc(F)cc1C#CCCS. The molecule has 0 saturated heterocycles. The summed E-state index contributed by atoms with van der Waals surface area (Å²) in [7, 11) is 0. The summed E-state index contributed by atoms with van der Waals surface area (Å²) in [6, 6.07) is 2.70. The number of anilines is 1. The van der Waals surface area contributed by atoms with Gasteiger partial charge in [-0.3, -0.25) is 0 Å². The quantitative estimate of drug-likeness (QED) is 0.414. The summed E-state index contributed by atoms with van der Waals surface area (Å²) in [5, 5.41) is 0. The van der Waals surface area contributed by atoms with Gasteiger partial charge in [0.25, 0.3) is 0 Å². The number of rotatable bonds is 1. The monoisotopic (exact) mass is 209 g/mol. The normalized spacial score (nSPS) is 9.36. The molecular weight excluding hydrogens is 197 g/mol. The van der Waals surface area contributed by atoms with Crippen LogP contribution in [0.15, 0.2) is 12.1 Å². The van der Waals surface area contributed by atoms with Gasteiger partial charge in [-0.2, -0.15) is 12.6 Å². The van der Waals surface area contributed by atoms with E-state index in [-0.39, 0.29) is 5.82 Å². The molecule has 3 heteroatoms. The largest absolute Gasteiger partial charge is 0.398 e. The van der Waals surface area contributed by atoms with E-state index in [2.05, 4.69) is 24.5 Å². The van der Waals surface area contributed by atoms with E-state index in [1.807, 2.05) is 6.92 Å². The van der Waals surface area contributed by atoms with Crippen LogP contribution in [0.4, 0.5) is 10.1 Å². The standard InChI is InChI=1S/C11H12FNS/c1-8-9(4-2-3-5-14)6-10(12)7-11(8)13/h6-7,14H,3,5,13H2,1H3. The number of halogens is 1. The highest BCUT2D eigenvalue weighted by molar-refractivity contribution is 7.80. The molecule has 1 aromatic rings. The van der Waals surface area contributed by atoms with Crippen LogP contribution in [-0.4, -0.2) is 5.75 Å². The number of benzene rings is 1. The van der Waals surface area contributed by atoms with E-state index in [0.29, 0.717) is 23.4 Å². The Hall–Kier alpha value is -1.14. The highest BCUT2D eigenvalue weighted by Gasteiger charge is 2.01. The second kappa shape index (κ2) is 4.92. The third kappa shape index (κ3) is 2.68. The van der Waals surface area contributed by atoms with E-state index >= 15 is 0 Å². The van der Waals surface area contributed by atoms with E-state index in [4.69, 9.17) is 5.73 Å². The van der Waals surface area contributed by atoms with Gasteiger partial charge in [0.15, 0.2) is 0 Å². The molecule has 0 aliphatic carbocycles. The number of thiol groups is 1. The van der Waals surface area contributed by atoms with E-state index in [1.54, 1.807) is 0 Å². The average molecular weight is 209 g/mol. The van der Waals surface area contributed by atoms with Crippen LogP contribution in [0.25, 0.3) is 0 Å². The van der Waals surface area contributed by atoms with Crippen LogP contribution in [0.5, 0.6) is 0 Å². The van der Waals surface area contributed by atoms with Crippen LogP contribution in [0.2, 0.25) is 0 Å². The Labute approximate surface area is 88.9 Å². The lowest BCUT2D eigenvalue weighted by molar-refractivity contribution is 0.627. The molecule has 14 heavy (non-hydrogen) atoms. The minimum absolute atomic E-state index is 0.344. The van der Waals surface area contributed by atoms with E-state index < -0.39 is 0 Å². The average Bonchev–Trinajstić information content (AvgIpc) is 2.13. The summed E-state index contributed by atoms with van der Waals surface area (Å²) in [4.78, 5) is 0. The van der Waals surface area contributed by atoms with Crippen molar-refractivity contribution >= 4 is 18.3 Å². The summed E-state index contributed by atoms with van der Waals surface area (Å²) in [6.45, 7) is 1.83. The van der Waals surface area contributed by atoms with Gasteiger partial charge in [0, 0.05) is 23.4 Å². The van der Waals surface area contributed by atoms with Crippen molar-refractivity contribution in [3.8, 4) is 11.8 Å². The number of nitrogen functional groups attached to an aromatic ring is 1. The molecule has 0 fully saturated rings. The Morgan fingerprint density at radius 2 is 2.21 bits per heavy atom. The van der Waals surface area contributed by atoms with Crippen LogP contribution >= 0.6 is 12.6 Å². The highest BCUT2D eigenvalue weighted by Crippen LogP contribution is 2.17. The molecule has 1 rings (SSSR count). The summed E-state index contributed by atoms with van der Waals surface area (Å²) >= 11 is 4.03. The fraction of sp³-hybridized carbons (Fsp3) is 0.273. The molecule has 0 atom stereocenters. The third-order valence-electron chi connectivity index (χ3n) is 1.87. The second-order valence-electron chi connectivity index (χ2n) is 2.94. The Morgan fingerprint density at radius 1 is 1.50 bits per heavy atom. The van der Waals surface area contributed by atoms with Gasteiger partial charge in [0.05, 0.1) is 0 Å². The molecule has 0 aliphatic rings. The van der Waals surface area contributed by atoms with Gasteiger partial charge in [0.2, 0.25) is 0 Å². The maximum atomic E-state index is 13.0.